The van der Waals surface area contributed by atoms with Gasteiger partial charge in [0.2, 0.25) is 0 Å². The van der Waals surface area contributed by atoms with Gasteiger partial charge in [0, 0.05) is 30.1 Å². The molecule has 0 bridgehead atoms. The van der Waals surface area contributed by atoms with Gasteiger partial charge in [0.15, 0.2) is 0 Å². The lowest BCUT2D eigenvalue weighted by Gasteiger charge is -2.57. The lowest BCUT2D eigenvalue weighted by molar-refractivity contribution is -0.0614. The zero-order chi connectivity index (χ0) is 18.9. The van der Waals surface area contributed by atoms with Crippen molar-refractivity contribution in [3.63, 3.8) is 0 Å². The minimum atomic E-state index is -0.779. The molecular formula is C23H32N2O2. The number of rotatable bonds is 2. The molecule has 2 aliphatic heterocycles. The zero-order valence-electron chi connectivity index (χ0n) is 16.4. The van der Waals surface area contributed by atoms with Gasteiger partial charge in [0.05, 0.1) is 6.61 Å². The van der Waals surface area contributed by atoms with Crippen LogP contribution in [0.15, 0.2) is 24.3 Å². The maximum absolute atomic E-state index is 10.4. The first kappa shape index (κ1) is 19.0. The molecular weight excluding hydrogens is 336 g/mol. The van der Waals surface area contributed by atoms with Crippen LogP contribution in [0.1, 0.15) is 55.6 Å². The zero-order valence-corrected chi connectivity index (χ0v) is 16.4. The highest BCUT2D eigenvalue weighted by molar-refractivity contribution is 5.40. The lowest BCUT2D eigenvalue weighted by atomic mass is 9.74. The maximum atomic E-state index is 10.4. The van der Waals surface area contributed by atoms with Crippen LogP contribution in [0, 0.1) is 11.8 Å². The van der Waals surface area contributed by atoms with Crippen molar-refractivity contribution in [2.45, 2.75) is 62.1 Å². The Balaban J connectivity index is 1.50. The van der Waals surface area contributed by atoms with Crippen LogP contribution in [0.4, 0.5) is 0 Å². The van der Waals surface area contributed by atoms with Gasteiger partial charge < -0.3 is 15.1 Å². The van der Waals surface area contributed by atoms with Gasteiger partial charge in [-0.25, -0.2) is 0 Å². The number of hydrogen-bond donors (Lipinski definition) is 2. The van der Waals surface area contributed by atoms with Crippen LogP contribution in [-0.2, 0) is 0 Å². The molecule has 0 spiro atoms. The van der Waals surface area contributed by atoms with Crippen molar-refractivity contribution in [2.75, 3.05) is 33.3 Å². The van der Waals surface area contributed by atoms with Crippen LogP contribution in [0.2, 0.25) is 0 Å². The van der Waals surface area contributed by atoms with Crippen LogP contribution in [-0.4, -0.2) is 71.0 Å². The summed E-state index contributed by atoms with van der Waals surface area (Å²) in [5, 5.41) is 20.4. The highest BCUT2D eigenvalue weighted by Gasteiger charge is 2.48. The Labute approximate surface area is 163 Å². The van der Waals surface area contributed by atoms with Crippen LogP contribution < -0.4 is 0 Å². The fourth-order valence-corrected chi connectivity index (χ4v) is 5.18. The Morgan fingerprint density at radius 3 is 2.48 bits per heavy atom. The largest absolute Gasteiger partial charge is 0.395 e. The van der Waals surface area contributed by atoms with Crippen molar-refractivity contribution >= 4 is 0 Å². The summed E-state index contributed by atoms with van der Waals surface area (Å²) in [6, 6.07) is 9.22. The van der Waals surface area contributed by atoms with Crippen molar-refractivity contribution in [1.82, 2.24) is 9.80 Å². The molecule has 3 fully saturated rings. The highest BCUT2D eigenvalue weighted by atomic mass is 16.3. The second-order valence-corrected chi connectivity index (χ2v) is 8.66. The van der Waals surface area contributed by atoms with E-state index in [1.54, 1.807) is 0 Å². The Morgan fingerprint density at radius 2 is 1.78 bits per heavy atom. The Kier molecular flexibility index (Phi) is 5.57. The molecule has 3 atom stereocenters. The van der Waals surface area contributed by atoms with E-state index >= 15 is 0 Å². The van der Waals surface area contributed by atoms with Crippen LogP contribution in [0.5, 0.6) is 0 Å². The summed E-state index contributed by atoms with van der Waals surface area (Å²) >= 11 is 0. The monoisotopic (exact) mass is 368 g/mol. The number of hydrogen-bond acceptors (Lipinski definition) is 4. The van der Waals surface area contributed by atoms with Gasteiger partial charge in [0.1, 0.15) is 5.60 Å². The van der Waals surface area contributed by atoms with E-state index in [1.807, 2.05) is 0 Å². The van der Waals surface area contributed by atoms with Gasteiger partial charge in [-0.15, -0.1) is 0 Å². The van der Waals surface area contributed by atoms with Gasteiger partial charge in [-0.2, -0.15) is 0 Å². The normalized spacial score (nSPS) is 31.1. The average Bonchev–Trinajstić information content (AvgIpc) is 3.09. The molecule has 0 unspecified atom stereocenters. The molecule has 3 aliphatic rings. The van der Waals surface area contributed by atoms with Crippen LogP contribution in [0.25, 0.3) is 0 Å². The summed E-state index contributed by atoms with van der Waals surface area (Å²) in [4.78, 5) is 4.93. The molecule has 0 amide bonds. The first-order chi connectivity index (χ1) is 13.1. The number of benzene rings is 1. The summed E-state index contributed by atoms with van der Waals surface area (Å²) in [5.74, 6) is 6.64. The summed E-state index contributed by atoms with van der Waals surface area (Å²) < 4.78 is 0. The summed E-state index contributed by atoms with van der Waals surface area (Å²) in [7, 11) is 2.21. The topological polar surface area (TPSA) is 46.9 Å². The first-order valence-electron chi connectivity index (χ1n) is 10.5. The number of likely N-dealkylation sites (N-methyl/N-ethyl adjacent to an activating group) is 1. The smallest absolute Gasteiger partial charge is 0.125 e. The second-order valence-electron chi connectivity index (χ2n) is 8.66. The molecule has 146 valence electrons. The van der Waals surface area contributed by atoms with E-state index in [-0.39, 0.29) is 12.6 Å². The summed E-state index contributed by atoms with van der Waals surface area (Å²) in [5.41, 5.74) is 1.48. The number of aliphatic hydroxyl groups is 2. The summed E-state index contributed by atoms with van der Waals surface area (Å²) in [6.45, 7) is 3.55. The third-order valence-electron chi connectivity index (χ3n) is 6.74. The molecule has 2 heterocycles. The molecule has 4 heteroatoms. The fraction of sp³-hybridized carbons (Fsp3) is 0.652. The molecule has 27 heavy (non-hydrogen) atoms. The quantitative estimate of drug-likeness (QED) is 0.786. The molecule has 1 aromatic rings. The van der Waals surface area contributed by atoms with Gasteiger partial charge in [-0.3, -0.25) is 4.90 Å². The van der Waals surface area contributed by atoms with Gasteiger partial charge in [0.25, 0.3) is 0 Å². The molecule has 2 saturated heterocycles. The van der Waals surface area contributed by atoms with E-state index in [1.165, 1.54) is 18.4 Å². The Bertz CT molecular complexity index is 699. The SMILES string of the molecule is CN1CCCCN2[C@H](CO)[C@@H](c3ccc(C#CC4(O)CCCC4)cc3)[C@H]2C1. The van der Waals surface area contributed by atoms with Crippen molar-refractivity contribution in [1.29, 1.82) is 0 Å². The third kappa shape index (κ3) is 3.93. The predicted molar refractivity (Wildman–Crippen MR) is 108 cm³/mol. The van der Waals surface area contributed by atoms with E-state index < -0.39 is 5.60 Å². The molecule has 1 aliphatic carbocycles. The summed E-state index contributed by atoms with van der Waals surface area (Å²) in [6.07, 6.45) is 6.18. The van der Waals surface area contributed by atoms with Gasteiger partial charge in [-0.1, -0.05) is 24.0 Å². The third-order valence-corrected chi connectivity index (χ3v) is 6.74. The van der Waals surface area contributed by atoms with E-state index in [0.29, 0.717) is 12.0 Å². The average molecular weight is 369 g/mol. The second kappa shape index (κ2) is 7.93. The minimum Gasteiger partial charge on any atom is -0.395 e. The highest BCUT2D eigenvalue weighted by Crippen LogP contribution is 2.41. The molecule has 0 aromatic heterocycles. The van der Waals surface area contributed by atoms with Gasteiger partial charge >= 0.3 is 0 Å². The van der Waals surface area contributed by atoms with Crippen LogP contribution in [0.3, 0.4) is 0 Å². The Morgan fingerprint density at radius 1 is 1.07 bits per heavy atom. The molecule has 4 nitrogen and oxygen atoms in total. The van der Waals surface area contributed by atoms with E-state index in [9.17, 15) is 10.2 Å². The van der Waals surface area contributed by atoms with E-state index in [0.717, 1.165) is 50.9 Å². The van der Waals surface area contributed by atoms with E-state index in [2.05, 4.69) is 53.0 Å². The number of nitrogens with zero attached hydrogens (tertiary/aromatic N) is 2. The van der Waals surface area contributed by atoms with Crippen molar-refractivity contribution in [3.05, 3.63) is 35.4 Å². The Hall–Kier alpha value is -1.38. The predicted octanol–water partition coefficient (Wildman–Crippen LogP) is 2.20. The minimum absolute atomic E-state index is 0.222. The molecule has 0 radical (unpaired) electrons. The molecule has 1 saturated carbocycles. The van der Waals surface area contributed by atoms with E-state index in [4.69, 9.17) is 0 Å². The van der Waals surface area contributed by atoms with Crippen LogP contribution >= 0.6 is 0 Å². The molecule has 1 aromatic carbocycles. The number of fused-ring (bicyclic) bond motifs is 1. The standard InChI is InChI=1S/C23H32N2O2/c1-24-14-4-5-15-25-20(16-24)22(21(25)17-26)19-8-6-18(7-9-19)10-13-23(27)11-2-3-12-23/h6-9,20-22,26-27H,2-5,11-12,14-17H2,1H3/t20-,21-,22+/m1/s1. The lowest BCUT2D eigenvalue weighted by Crippen LogP contribution is -2.67. The van der Waals surface area contributed by atoms with Crippen molar-refractivity contribution < 1.29 is 10.2 Å². The number of aliphatic hydroxyl groups excluding tert-OH is 1. The van der Waals surface area contributed by atoms with Crippen molar-refractivity contribution in [3.8, 4) is 11.8 Å². The first-order valence-corrected chi connectivity index (χ1v) is 10.5. The maximum Gasteiger partial charge on any atom is 0.125 e. The molecule has 4 rings (SSSR count). The molecule has 2 N–H and O–H groups in total. The van der Waals surface area contributed by atoms with Crippen molar-refractivity contribution in [2.24, 2.45) is 0 Å². The fourth-order valence-electron chi connectivity index (χ4n) is 5.18. The van der Waals surface area contributed by atoms with Gasteiger partial charge in [-0.05, 0) is 76.4 Å².